The first kappa shape index (κ1) is 11.2. The van der Waals surface area contributed by atoms with Crippen molar-refractivity contribution in [2.45, 2.75) is 32.8 Å². The van der Waals surface area contributed by atoms with E-state index in [-0.39, 0.29) is 5.82 Å². The molecule has 78 valence electrons. The van der Waals surface area contributed by atoms with Crippen molar-refractivity contribution in [2.24, 2.45) is 5.92 Å². The third kappa shape index (κ3) is 3.46. The lowest BCUT2D eigenvalue weighted by atomic mass is 10.00. The Balaban J connectivity index is 2.56. The van der Waals surface area contributed by atoms with Crippen LogP contribution in [-0.2, 0) is 0 Å². The van der Waals surface area contributed by atoms with E-state index in [1.165, 1.54) is 12.1 Å². The first-order chi connectivity index (χ1) is 6.59. The van der Waals surface area contributed by atoms with Gasteiger partial charge in [-0.25, -0.2) is 4.39 Å². The van der Waals surface area contributed by atoms with Gasteiger partial charge in [-0.3, -0.25) is 0 Å². The maximum atomic E-state index is 12.8. The van der Waals surface area contributed by atoms with Crippen LogP contribution in [0, 0.1) is 11.7 Å². The number of hydrogen-bond donors (Lipinski definition) is 1. The summed E-state index contributed by atoms with van der Waals surface area (Å²) in [6, 6.07) is 6.17. The minimum atomic E-state index is -0.534. The van der Waals surface area contributed by atoms with Crippen LogP contribution in [0.25, 0.3) is 0 Å². The van der Waals surface area contributed by atoms with Gasteiger partial charge in [0.2, 0.25) is 0 Å². The third-order valence-electron chi connectivity index (χ3n) is 2.25. The van der Waals surface area contributed by atoms with Crippen molar-refractivity contribution in [1.29, 1.82) is 0 Å². The van der Waals surface area contributed by atoms with E-state index in [4.69, 9.17) is 0 Å². The molecule has 0 aromatic heterocycles. The quantitative estimate of drug-likeness (QED) is 0.783. The van der Waals surface area contributed by atoms with Gasteiger partial charge in [0.15, 0.2) is 0 Å². The summed E-state index contributed by atoms with van der Waals surface area (Å²) < 4.78 is 12.8. The second-order valence-electron chi connectivity index (χ2n) is 4.04. The topological polar surface area (TPSA) is 20.2 Å². The molecule has 1 aromatic carbocycles. The van der Waals surface area contributed by atoms with Crippen molar-refractivity contribution >= 4 is 0 Å². The van der Waals surface area contributed by atoms with Gasteiger partial charge in [0.05, 0.1) is 6.10 Å². The van der Waals surface area contributed by atoms with Crippen molar-refractivity contribution in [3.8, 4) is 0 Å². The Morgan fingerprint density at radius 1 is 1.29 bits per heavy atom. The molecule has 0 aliphatic rings. The lowest BCUT2D eigenvalue weighted by Gasteiger charge is -2.12. The Morgan fingerprint density at radius 3 is 2.57 bits per heavy atom. The molecular weight excluding hydrogens is 179 g/mol. The standard InChI is InChI=1S/C12H17FO/c1-9(2)6-7-12(14)10-4-3-5-11(13)8-10/h3-5,8-9,12,14H,6-7H2,1-2H3. The van der Waals surface area contributed by atoms with Crippen LogP contribution in [0.4, 0.5) is 4.39 Å². The van der Waals surface area contributed by atoms with E-state index < -0.39 is 6.10 Å². The number of hydrogen-bond acceptors (Lipinski definition) is 1. The van der Waals surface area contributed by atoms with Gasteiger partial charge in [0.25, 0.3) is 0 Å². The van der Waals surface area contributed by atoms with Crippen molar-refractivity contribution in [1.82, 2.24) is 0 Å². The van der Waals surface area contributed by atoms with Gasteiger partial charge >= 0.3 is 0 Å². The highest BCUT2D eigenvalue weighted by Crippen LogP contribution is 2.20. The molecule has 1 unspecified atom stereocenters. The summed E-state index contributed by atoms with van der Waals surface area (Å²) in [5.41, 5.74) is 0.672. The molecule has 0 amide bonds. The molecule has 1 N–H and O–H groups in total. The van der Waals surface area contributed by atoms with E-state index in [1.807, 2.05) is 0 Å². The Kier molecular flexibility index (Phi) is 4.08. The second kappa shape index (κ2) is 5.11. The molecular formula is C12H17FO. The molecule has 0 radical (unpaired) electrons. The normalized spacial score (nSPS) is 13.2. The zero-order chi connectivity index (χ0) is 10.6. The zero-order valence-electron chi connectivity index (χ0n) is 8.70. The molecule has 2 heteroatoms. The highest BCUT2D eigenvalue weighted by molar-refractivity contribution is 5.18. The molecule has 0 aliphatic carbocycles. The highest BCUT2D eigenvalue weighted by atomic mass is 19.1. The number of halogens is 1. The van der Waals surface area contributed by atoms with Crippen LogP contribution in [0.3, 0.4) is 0 Å². The van der Waals surface area contributed by atoms with Gasteiger partial charge in [-0.2, -0.15) is 0 Å². The van der Waals surface area contributed by atoms with Crippen LogP contribution in [0.2, 0.25) is 0 Å². The SMILES string of the molecule is CC(C)CCC(O)c1cccc(F)c1. The number of aliphatic hydroxyl groups is 1. The predicted octanol–water partition coefficient (Wildman–Crippen LogP) is 3.30. The van der Waals surface area contributed by atoms with E-state index in [2.05, 4.69) is 13.8 Å². The van der Waals surface area contributed by atoms with Gasteiger partial charge in [-0.05, 0) is 36.5 Å². The first-order valence-corrected chi connectivity index (χ1v) is 5.03. The molecule has 0 aliphatic heterocycles. The van der Waals surface area contributed by atoms with Crippen LogP contribution in [0.15, 0.2) is 24.3 Å². The molecule has 14 heavy (non-hydrogen) atoms. The van der Waals surface area contributed by atoms with Gasteiger partial charge in [0, 0.05) is 0 Å². The summed E-state index contributed by atoms with van der Waals surface area (Å²) in [6.45, 7) is 4.22. The molecule has 1 aromatic rings. The number of rotatable bonds is 4. The minimum absolute atomic E-state index is 0.286. The molecule has 0 saturated carbocycles. The van der Waals surface area contributed by atoms with E-state index in [0.29, 0.717) is 17.9 Å². The minimum Gasteiger partial charge on any atom is -0.388 e. The van der Waals surface area contributed by atoms with Gasteiger partial charge in [-0.1, -0.05) is 26.0 Å². The summed E-state index contributed by atoms with van der Waals surface area (Å²) >= 11 is 0. The Morgan fingerprint density at radius 2 is 2.00 bits per heavy atom. The molecule has 0 saturated heterocycles. The number of aliphatic hydroxyl groups excluding tert-OH is 1. The van der Waals surface area contributed by atoms with Gasteiger partial charge in [0.1, 0.15) is 5.82 Å². The van der Waals surface area contributed by atoms with Crippen molar-refractivity contribution < 1.29 is 9.50 Å². The Bertz CT molecular complexity index is 283. The van der Waals surface area contributed by atoms with Crippen LogP contribution in [0.1, 0.15) is 38.4 Å². The molecule has 0 heterocycles. The van der Waals surface area contributed by atoms with Gasteiger partial charge < -0.3 is 5.11 Å². The fourth-order valence-electron chi connectivity index (χ4n) is 1.37. The fourth-order valence-corrected chi connectivity index (χ4v) is 1.37. The summed E-state index contributed by atoms with van der Waals surface area (Å²) in [5.74, 6) is 0.282. The fraction of sp³-hybridized carbons (Fsp3) is 0.500. The maximum absolute atomic E-state index is 12.8. The average molecular weight is 196 g/mol. The van der Waals surface area contributed by atoms with E-state index in [9.17, 15) is 9.50 Å². The second-order valence-corrected chi connectivity index (χ2v) is 4.04. The average Bonchev–Trinajstić information content (AvgIpc) is 2.14. The molecule has 1 nitrogen and oxygen atoms in total. The smallest absolute Gasteiger partial charge is 0.123 e. The van der Waals surface area contributed by atoms with E-state index in [1.54, 1.807) is 12.1 Å². The lowest BCUT2D eigenvalue weighted by Crippen LogP contribution is -2.00. The van der Waals surface area contributed by atoms with Crippen LogP contribution >= 0.6 is 0 Å². The van der Waals surface area contributed by atoms with Crippen molar-refractivity contribution in [3.63, 3.8) is 0 Å². The molecule has 0 fully saturated rings. The Hall–Kier alpha value is -0.890. The largest absolute Gasteiger partial charge is 0.388 e. The van der Waals surface area contributed by atoms with Crippen molar-refractivity contribution in [2.75, 3.05) is 0 Å². The summed E-state index contributed by atoms with van der Waals surface area (Å²) in [7, 11) is 0. The summed E-state index contributed by atoms with van der Waals surface area (Å²) in [5, 5.41) is 9.73. The highest BCUT2D eigenvalue weighted by Gasteiger charge is 2.08. The predicted molar refractivity (Wildman–Crippen MR) is 55.4 cm³/mol. The monoisotopic (exact) mass is 196 g/mol. The van der Waals surface area contributed by atoms with E-state index in [0.717, 1.165) is 6.42 Å². The molecule has 1 atom stereocenters. The van der Waals surface area contributed by atoms with Crippen LogP contribution < -0.4 is 0 Å². The Labute approximate surface area is 84.6 Å². The number of benzene rings is 1. The van der Waals surface area contributed by atoms with Crippen LogP contribution in [0.5, 0.6) is 0 Å². The van der Waals surface area contributed by atoms with Crippen LogP contribution in [-0.4, -0.2) is 5.11 Å². The first-order valence-electron chi connectivity index (χ1n) is 5.03. The summed E-state index contributed by atoms with van der Waals surface area (Å²) in [6.07, 6.45) is 1.12. The molecule has 0 spiro atoms. The lowest BCUT2D eigenvalue weighted by molar-refractivity contribution is 0.159. The maximum Gasteiger partial charge on any atom is 0.123 e. The summed E-state index contributed by atoms with van der Waals surface area (Å²) in [4.78, 5) is 0. The van der Waals surface area contributed by atoms with E-state index >= 15 is 0 Å². The van der Waals surface area contributed by atoms with Crippen molar-refractivity contribution in [3.05, 3.63) is 35.6 Å². The molecule has 0 bridgehead atoms. The van der Waals surface area contributed by atoms with Gasteiger partial charge in [-0.15, -0.1) is 0 Å². The zero-order valence-corrected chi connectivity index (χ0v) is 8.70. The molecule has 1 rings (SSSR count). The third-order valence-corrected chi connectivity index (χ3v) is 2.25.